The average molecular weight is 371 g/mol. The summed E-state index contributed by atoms with van der Waals surface area (Å²) < 4.78 is 38.8. The van der Waals surface area contributed by atoms with Gasteiger partial charge in [0, 0.05) is 18.2 Å². The third-order valence-electron chi connectivity index (χ3n) is 3.96. The predicted molar refractivity (Wildman–Crippen MR) is 93.7 cm³/mol. The Kier molecular flexibility index (Phi) is 6.96. The summed E-state index contributed by atoms with van der Waals surface area (Å²) in [6, 6.07) is 7.06. The maximum absolute atomic E-state index is 13.8. The highest BCUT2D eigenvalue weighted by Crippen LogP contribution is 2.33. The summed E-state index contributed by atoms with van der Waals surface area (Å²) in [6.45, 7) is 4.22. The molecule has 1 aliphatic heterocycles. The lowest BCUT2D eigenvalue weighted by Crippen LogP contribution is -2.33. The number of ether oxygens (including phenoxy) is 2. The Morgan fingerprint density at radius 2 is 1.96 bits per heavy atom. The molecule has 1 N–H and O–H groups in total. The standard InChI is InChI=1S/C18H20F2N2O2.ClH/c1-12-7-8-16(23-11-13-4-3-9-21-10-13)18(22-12)24-17-14(19)5-2-6-15(17)20;/h2,5-8,13,21H,3-4,9-11H2,1H3;1H/t13-;/m0./s1. The van der Waals surface area contributed by atoms with E-state index in [0.29, 0.717) is 24.0 Å². The largest absolute Gasteiger partial charge is 0.488 e. The van der Waals surface area contributed by atoms with Gasteiger partial charge in [-0.05, 0) is 50.6 Å². The highest BCUT2D eigenvalue weighted by molar-refractivity contribution is 5.85. The van der Waals surface area contributed by atoms with E-state index in [2.05, 4.69) is 10.3 Å². The van der Waals surface area contributed by atoms with Crippen molar-refractivity contribution in [2.75, 3.05) is 19.7 Å². The van der Waals surface area contributed by atoms with Crippen LogP contribution in [0, 0.1) is 24.5 Å². The van der Waals surface area contributed by atoms with E-state index in [9.17, 15) is 8.78 Å². The van der Waals surface area contributed by atoms with Crippen LogP contribution in [0.4, 0.5) is 8.78 Å². The number of nitrogens with one attached hydrogen (secondary N) is 1. The van der Waals surface area contributed by atoms with Crippen molar-refractivity contribution in [1.29, 1.82) is 0 Å². The third-order valence-corrected chi connectivity index (χ3v) is 3.96. The van der Waals surface area contributed by atoms with Gasteiger partial charge in [-0.15, -0.1) is 12.4 Å². The van der Waals surface area contributed by atoms with Gasteiger partial charge in [0.05, 0.1) is 6.61 Å². The molecule has 0 amide bonds. The van der Waals surface area contributed by atoms with Crippen LogP contribution in [0.5, 0.6) is 17.4 Å². The molecule has 0 unspecified atom stereocenters. The Morgan fingerprint density at radius 3 is 2.64 bits per heavy atom. The smallest absolute Gasteiger partial charge is 0.262 e. The number of aromatic nitrogens is 1. The van der Waals surface area contributed by atoms with E-state index in [1.54, 1.807) is 19.1 Å². The number of para-hydroxylation sites is 1. The van der Waals surface area contributed by atoms with Gasteiger partial charge in [0.2, 0.25) is 5.75 Å². The quantitative estimate of drug-likeness (QED) is 0.854. The van der Waals surface area contributed by atoms with Crippen molar-refractivity contribution < 1.29 is 18.3 Å². The second-order valence-electron chi connectivity index (χ2n) is 5.93. The van der Waals surface area contributed by atoms with Crippen molar-refractivity contribution >= 4 is 12.4 Å². The van der Waals surface area contributed by atoms with Crippen molar-refractivity contribution in [3.8, 4) is 17.4 Å². The molecule has 25 heavy (non-hydrogen) atoms. The normalized spacial score (nSPS) is 16.8. The highest BCUT2D eigenvalue weighted by atomic mass is 35.5. The zero-order valence-electron chi connectivity index (χ0n) is 13.9. The number of aryl methyl sites for hydroxylation is 1. The number of halogens is 3. The maximum Gasteiger partial charge on any atom is 0.262 e. The van der Waals surface area contributed by atoms with Crippen LogP contribution in [0.2, 0.25) is 0 Å². The van der Waals surface area contributed by atoms with Crippen LogP contribution in [0.25, 0.3) is 0 Å². The molecule has 3 rings (SSSR count). The van der Waals surface area contributed by atoms with Crippen molar-refractivity contribution in [3.05, 3.63) is 47.7 Å². The Balaban J connectivity index is 0.00000225. The van der Waals surface area contributed by atoms with Crippen LogP contribution in [0.1, 0.15) is 18.5 Å². The molecule has 0 spiro atoms. The van der Waals surface area contributed by atoms with Gasteiger partial charge in [0.1, 0.15) is 0 Å². The molecule has 1 saturated heterocycles. The van der Waals surface area contributed by atoms with Crippen molar-refractivity contribution in [2.24, 2.45) is 5.92 Å². The number of benzene rings is 1. The minimum absolute atomic E-state index is 0. The van der Waals surface area contributed by atoms with Gasteiger partial charge >= 0.3 is 0 Å². The van der Waals surface area contributed by atoms with E-state index in [0.717, 1.165) is 38.1 Å². The minimum atomic E-state index is -0.777. The Bertz CT molecular complexity index is 689. The number of hydrogen-bond acceptors (Lipinski definition) is 4. The van der Waals surface area contributed by atoms with Crippen molar-refractivity contribution in [3.63, 3.8) is 0 Å². The molecular formula is C18H21ClF2N2O2. The molecule has 0 bridgehead atoms. The summed E-state index contributed by atoms with van der Waals surface area (Å²) in [5.74, 6) is -1.17. The summed E-state index contributed by atoms with van der Waals surface area (Å²) >= 11 is 0. The summed E-state index contributed by atoms with van der Waals surface area (Å²) in [4.78, 5) is 4.22. The van der Waals surface area contributed by atoms with E-state index >= 15 is 0 Å². The number of rotatable bonds is 5. The lowest BCUT2D eigenvalue weighted by Gasteiger charge is -2.23. The molecule has 1 fully saturated rings. The minimum Gasteiger partial charge on any atom is -0.488 e. The third kappa shape index (κ3) is 5.03. The summed E-state index contributed by atoms with van der Waals surface area (Å²) in [5.41, 5.74) is 0.674. The first-order valence-electron chi connectivity index (χ1n) is 8.06. The first-order chi connectivity index (χ1) is 11.6. The fraction of sp³-hybridized carbons (Fsp3) is 0.389. The highest BCUT2D eigenvalue weighted by Gasteiger charge is 2.18. The van der Waals surface area contributed by atoms with Crippen LogP contribution in [0.3, 0.4) is 0 Å². The molecule has 1 aromatic carbocycles. The second kappa shape index (κ2) is 8.97. The van der Waals surface area contributed by atoms with E-state index < -0.39 is 17.4 Å². The molecule has 4 nitrogen and oxygen atoms in total. The van der Waals surface area contributed by atoms with Gasteiger partial charge in [0.25, 0.3) is 5.88 Å². The molecule has 1 aliphatic rings. The number of piperidine rings is 1. The van der Waals surface area contributed by atoms with Crippen LogP contribution in [-0.2, 0) is 0 Å². The molecular weight excluding hydrogens is 350 g/mol. The molecule has 2 aromatic rings. The number of hydrogen-bond donors (Lipinski definition) is 1. The fourth-order valence-electron chi connectivity index (χ4n) is 2.65. The summed E-state index contributed by atoms with van der Waals surface area (Å²) in [5, 5.41) is 3.32. The van der Waals surface area contributed by atoms with Gasteiger partial charge in [0.15, 0.2) is 17.4 Å². The molecule has 1 aromatic heterocycles. The fourth-order valence-corrected chi connectivity index (χ4v) is 2.65. The summed E-state index contributed by atoms with van der Waals surface area (Å²) in [7, 11) is 0. The number of pyridine rings is 1. The SMILES string of the molecule is Cc1ccc(OC[C@H]2CCCNC2)c(Oc2c(F)cccc2F)n1.Cl. The van der Waals surface area contributed by atoms with Gasteiger partial charge in [-0.1, -0.05) is 6.07 Å². The van der Waals surface area contributed by atoms with E-state index in [4.69, 9.17) is 9.47 Å². The molecule has 1 atom stereocenters. The molecule has 0 radical (unpaired) electrons. The maximum atomic E-state index is 13.8. The predicted octanol–water partition coefficient (Wildman–Crippen LogP) is 4.26. The lowest BCUT2D eigenvalue weighted by molar-refractivity contribution is 0.211. The van der Waals surface area contributed by atoms with Crippen LogP contribution >= 0.6 is 12.4 Å². The zero-order valence-corrected chi connectivity index (χ0v) is 14.7. The van der Waals surface area contributed by atoms with E-state index in [1.165, 1.54) is 6.07 Å². The average Bonchev–Trinajstić information content (AvgIpc) is 2.58. The molecule has 0 saturated carbocycles. The zero-order chi connectivity index (χ0) is 16.9. The first-order valence-corrected chi connectivity index (χ1v) is 8.06. The van der Waals surface area contributed by atoms with Gasteiger partial charge < -0.3 is 14.8 Å². The van der Waals surface area contributed by atoms with Crippen molar-refractivity contribution in [1.82, 2.24) is 10.3 Å². The number of nitrogens with zero attached hydrogens (tertiary/aromatic N) is 1. The van der Waals surface area contributed by atoms with E-state index in [1.807, 2.05) is 0 Å². The molecule has 2 heterocycles. The van der Waals surface area contributed by atoms with E-state index in [-0.39, 0.29) is 18.3 Å². The van der Waals surface area contributed by atoms with Crippen LogP contribution < -0.4 is 14.8 Å². The van der Waals surface area contributed by atoms with Gasteiger partial charge in [-0.2, -0.15) is 0 Å². The second-order valence-corrected chi connectivity index (χ2v) is 5.93. The molecule has 7 heteroatoms. The summed E-state index contributed by atoms with van der Waals surface area (Å²) in [6.07, 6.45) is 2.20. The lowest BCUT2D eigenvalue weighted by atomic mass is 10.0. The molecule has 136 valence electrons. The van der Waals surface area contributed by atoms with Crippen LogP contribution in [0.15, 0.2) is 30.3 Å². The first kappa shape index (κ1) is 19.4. The van der Waals surface area contributed by atoms with Gasteiger partial charge in [-0.3, -0.25) is 0 Å². The Labute approximate surface area is 152 Å². The van der Waals surface area contributed by atoms with Crippen LogP contribution in [-0.4, -0.2) is 24.7 Å². The Hall–Kier alpha value is -1.92. The monoisotopic (exact) mass is 370 g/mol. The van der Waals surface area contributed by atoms with Gasteiger partial charge in [-0.25, -0.2) is 13.8 Å². The molecule has 0 aliphatic carbocycles. The Morgan fingerprint density at radius 1 is 1.20 bits per heavy atom. The van der Waals surface area contributed by atoms with Crippen molar-refractivity contribution in [2.45, 2.75) is 19.8 Å². The topological polar surface area (TPSA) is 43.4 Å².